The normalized spacial score (nSPS) is 16.4. The lowest BCUT2D eigenvalue weighted by atomic mass is 10.1. The second-order valence-corrected chi connectivity index (χ2v) is 8.12. The summed E-state index contributed by atoms with van der Waals surface area (Å²) in [7, 11) is 0. The average molecular weight is 385 g/mol. The maximum atomic E-state index is 12.7. The van der Waals surface area contributed by atoms with Crippen molar-refractivity contribution in [3.63, 3.8) is 0 Å². The van der Waals surface area contributed by atoms with E-state index in [1.807, 2.05) is 17.0 Å². The molecule has 2 aliphatic rings. The Hall–Kier alpha value is -2.15. The van der Waals surface area contributed by atoms with E-state index in [1.165, 1.54) is 18.2 Å². The summed E-state index contributed by atoms with van der Waals surface area (Å²) >= 11 is 1.43. The number of hydrogen-bond donors (Lipinski definition) is 0. The highest BCUT2D eigenvalue weighted by atomic mass is 32.2. The van der Waals surface area contributed by atoms with Crippen molar-refractivity contribution in [1.82, 2.24) is 19.4 Å². The third-order valence-corrected chi connectivity index (χ3v) is 6.31. The molecule has 4 rings (SSSR count). The maximum Gasteiger partial charge on any atom is 0.349 e. The lowest BCUT2D eigenvalue weighted by Crippen LogP contribution is -2.36. The van der Waals surface area contributed by atoms with Crippen LogP contribution in [-0.2, 0) is 24.2 Å². The van der Waals surface area contributed by atoms with Crippen LogP contribution in [0.1, 0.15) is 42.5 Å². The summed E-state index contributed by atoms with van der Waals surface area (Å²) in [6, 6.07) is 3.85. The number of pyridine rings is 1. The summed E-state index contributed by atoms with van der Waals surface area (Å²) in [6.07, 6.45) is 9.75. The van der Waals surface area contributed by atoms with Gasteiger partial charge in [-0.05, 0) is 50.2 Å². The van der Waals surface area contributed by atoms with Gasteiger partial charge >= 0.3 is 5.69 Å². The predicted octanol–water partition coefficient (Wildman–Crippen LogP) is 2.28. The van der Waals surface area contributed by atoms with Crippen LogP contribution < -0.4 is 5.69 Å². The fourth-order valence-corrected chi connectivity index (χ4v) is 4.89. The van der Waals surface area contributed by atoms with Gasteiger partial charge in [0.25, 0.3) is 0 Å². The van der Waals surface area contributed by atoms with E-state index in [9.17, 15) is 9.59 Å². The van der Waals surface area contributed by atoms with E-state index in [0.29, 0.717) is 12.3 Å². The number of carbonyl (C=O) groups is 1. The number of amides is 1. The molecule has 0 saturated carbocycles. The summed E-state index contributed by atoms with van der Waals surface area (Å²) in [5.41, 5.74) is 2.99. The van der Waals surface area contributed by atoms with E-state index < -0.39 is 0 Å². The van der Waals surface area contributed by atoms with Gasteiger partial charge in [-0.25, -0.2) is 4.79 Å². The molecule has 27 heavy (non-hydrogen) atoms. The van der Waals surface area contributed by atoms with Crippen LogP contribution in [0.3, 0.4) is 0 Å². The third-order valence-electron chi connectivity index (χ3n) is 5.31. The van der Waals surface area contributed by atoms with Crippen molar-refractivity contribution >= 4 is 17.7 Å². The largest absolute Gasteiger partial charge is 0.349 e. The van der Waals surface area contributed by atoms with Crippen LogP contribution in [0, 0.1) is 0 Å². The molecule has 2 aromatic rings. The zero-order chi connectivity index (χ0) is 18.6. The van der Waals surface area contributed by atoms with E-state index in [0.717, 1.165) is 67.0 Å². The lowest BCUT2D eigenvalue weighted by Gasteiger charge is -2.26. The maximum absolute atomic E-state index is 12.7. The van der Waals surface area contributed by atoms with Gasteiger partial charge in [0.15, 0.2) is 0 Å². The smallest absolute Gasteiger partial charge is 0.342 e. The molecular formula is C20H24N4O2S. The Morgan fingerprint density at radius 1 is 1.15 bits per heavy atom. The van der Waals surface area contributed by atoms with Crippen molar-refractivity contribution in [2.45, 2.75) is 50.1 Å². The first-order valence-corrected chi connectivity index (χ1v) is 10.6. The molecule has 0 aromatic carbocycles. The van der Waals surface area contributed by atoms with Gasteiger partial charge in [0.2, 0.25) is 5.91 Å². The van der Waals surface area contributed by atoms with Crippen molar-refractivity contribution in [2.75, 3.05) is 18.8 Å². The van der Waals surface area contributed by atoms with Gasteiger partial charge in [0.1, 0.15) is 5.03 Å². The van der Waals surface area contributed by atoms with E-state index in [-0.39, 0.29) is 11.6 Å². The van der Waals surface area contributed by atoms with E-state index >= 15 is 0 Å². The Labute approximate surface area is 163 Å². The molecule has 0 spiro atoms. The highest BCUT2D eigenvalue weighted by Crippen LogP contribution is 2.29. The van der Waals surface area contributed by atoms with Crippen molar-refractivity contribution < 1.29 is 4.79 Å². The van der Waals surface area contributed by atoms with Gasteiger partial charge in [-0.1, -0.05) is 17.8 Å². The minimum atomic E-state index is -0.229. The van der Waals surface area contributed by atoms with Gasteiger partial charge in [-0.3, -0.25) is 14.3 Å². The molecule has 1 aliphatic heterocycles. The van der Waals surface area contributed by atoms with Crippen LogP contribution in [0.4, 0.5) is 0 Å². The zero-order valence-electron chi connectivity index (χ0n) is 15.4. The topological polar surface area (TPSA) is 68.1 Å². The van der Waals surface area contributed by atoms with Gasteiger partial charge < -0.3 is 4.90 Å². The van der Waals surface area contributed by atoms with Crippen molar-refractivity contribution in [3.05, 3.63) is 51.8 Å². The second kappa shape index (κ2) is 8.25. The van der Waals surface area contributed by atoms with Gasteiger partial charge in [-0.2, -0.15) is 4.98 Å². The van der Waals surface area contributed by atoms with E-state index in [1.54, 1.807) is 17.0 Å². The number of likely N-dealkylation sites (tertiary alicyclic amines) is 1. The quantitative estimate of drug-likeness (QED) is 0.584. The second-order valence-electron chi connectivity index (χ2n) is 7.16. The molecule has 1 amide bonds. The van der Waals surface area contributed by atoms with Crippen molar-refractivity contribution in [1.29, 1.82) is 0 Å². The summed E-state index contributed by atoms with van der Waals surface area (Å²) in [5, 5.41) is 0.750. The van der Waals surface area contributed by atoms with Crippen LogP contribution in [0.25, 0.3) is 0 Å². The summed E-state index contributed by atoms with van der Waals surface area (Å²) in [4.78, 5) is 35.5. The number of aromatic nitrogens is 3. The monoisotopic (exact) mass is 384 g/mol. The molecule has 142 valence electrons. The summed E-state index contributed by atoms with van der Waals surface area (Å²) in [6.45, 7) is 2.22. The zero-order valence-corrected chi connectivity index (χ0v) is 16.2. The predicted molar refractivity (Wildman–Crippen MR) is 105 cm³/mol. The van der Waals surface area contributed by atoms with E-state index in [2.05, 4.69) is 9.97 Å². The number of piperidine rings is 1. The average Bonchev–Trinajstić information content (AvgIpc) is 3.20. The summed E-state index contributed by atoms with van der Waals surface area (Å²) < 4.78 is 1.77. The SMILES string of the molecule is O=C(CSc1nc(=O)n(Cc2cccnc2)c2c1CCC2)N1CCCCC1. The first-order valence-electron chi connectivity index (χ1n) is 9.64. The minimum absolute atomic E-state index is 0.160. The van der Waals surface area contributed by atoms with Crippen LogP contribution in [0.15, 0.2) is 34.3 Å². The third kappa shape index (κ3) is 4.08. The number of fused-ring (bicyclic) bond motifs is 1. The standard InChI is InChI=1S/C20H24N4O2S/c25-18(23-10-2-1-3-11-23)14-27-19-16-7-4-8-17(16)24(20(26)22-19)13-15-6-5-9-21-12-15/h5-6,9,12H,1-4,7-8,10-11,13-14H2. The Morgan fingerprint density at radius 2 is 2.00 bits per heavy atom. The molecular weight excluding hydrogens is 360 g/mol. The molecule has 7 heteroatoms. The molecule has 0 radical (unpaired) electrons. The molecule has 3 heterocycles. The highest BCUT2D eigenvalue weighted by molar-refractivity contribution is 7.99. The summed E-state index contributed by atoms with van der Waals surface area (Å²) in [5.74, 6) is 0.527. The van der Waals surface area contributed by atoms with Gasteiger partial charge in [-0.15, -0.1) is 0 Å². The Bertz CT molecular complexity index is 876. The van der Waals surface area contributed by atoms with Crippen LogP contribution in [0.5, 0.6) is 0 Å². The molecule has 1 saturated heterocycles. The first-order chi connectivity index (χ1) is 13.2. The highest BCUT2D eigenvalue weighted by Gasteiger charge is 2.24. The Morgan fingerprint density at radius 3 is 2.78 bits per heavy atom. The van der Waals surface area contributed by atoms with Crippen LogP contribution in [-0.4, -0.2) is 44.2 Å². The minimum Gasteiger partial charge on any atom is -0.342 e. The molecule has 6 nitrogen and oxygen atoms in total. The molecule has 1 aliphatic carbocycles. The first kappa shape index (κ1) is 18.2. The number of hydrogen-bond acceptors (Lipinski definition) is 5. The van der Waals surface area contributed by atoms with Crippen LogP contribution in [0.2, 0.25) is 0 Å². The van der Waals surface area contributed by atoms with Gasteiger partial charge in [0, 0.05) is 36.7 Å². The lowest BCUT2D eigenvalue weighted by molar-refractivity contribution is -0.129. The Kier molecular flexibility index (Phi) is 5.57. The molecule has 0 unspecified atom stereocenters. The molecule has 0 atom stereocenters. The molecule has 0 bridgehead atoms. The van der Waals surface area contributed by atoms with Crippen LogP contribution >= 0.6 is 11.8 Å². The Balaban J connectivity index is 1.52. The van der Waals surface area contributed by atoms with Crippen molar-refractivity contribution in [2.24, 2.45) is 0 Å². The fourth-order valence-electron chi connectivity index (χ4n) is 3.91. The fraction of sp³-hybridized carbons (Fsp3) is 0.500. The molecule has 0 N–H and O–H groups in total. The molecule has 2 aromatic heterocycles. The number of thioether (sulfide) groups is 1. The number of rotatable bonds is 5. The van der Waals surface area contributed by atoms with Gasteiger partial charge in [0.05, 0.1) is 12.3 Å². The van der Waals surface area contributed by atoms with Crippen molar-refractivity contribution in [3.8, 4) is 0 Å². The number of carbonyl (C=O) groups excluding carboxylic acids is 1. The van der Waals surface area contributed by atoms with E-state index in [4.69, 9.17) is 0 Å². The number of nitrogens with zero attached hydrogens (tertiary/aromatic N) is 4. The molecule has 1 fully saturated rings.